The van der Waals surface area contributed by atoms with Crippen molar-refractivity contribution in [2.45, 2.75) is 102 Å². The molecule has 3 nitrogen and oxygen atoms in total. The molecule has 1 aromatic rings. The molecule has 4 bridgehead atoms. The molecule has 4 aliphatic rings. The zero-order valence-electron chi connectivity index (χ0n) is 18.9. The molecule has 5 rings (SSSR count). The SMILES string of the molecule is CC1CC2CCCC(N(c3ccc(C(=O)O)cc3)C3(C)CC4CCCC(C4)C3)(C1)C2. The van der Waals surface area contributed by atoms with Crippen LogP contribution in [-0.4, -0.2) is 22.2 Å². The molecular weight excluding hydrogens is 370 g/mol. The van der Waals surface area contributed by atoms with Crippen LogP contribution in [0.2, 0.25) is 0 Å². The number of carboxylic acids is 1. The Morgan fingerprint density at radius 3 is 2.23 bits per heavy atom. The van der Waals surface area contributed by atoms with E-state index >= 15 is 0 Å². The quantitative estimate of drug-likeness (QED) is 0.587. The third kappa shape index (κ3) is 3.56. The fourth-order valence-corrected chi connectivity index (χ4v) is 8.64. The van der Waals surface area contributed by atoms with Gasteiger partial charge >= 0.3 is 5.97 Å². The molecule has 0 heterocycles. The molecule has 5 unspecified atom stereocenters. The largest absolute Gasteiger partial charge is 0.478 e. The van der Waals surface area contributed by atoms with E-state index in [-0.39, 0.29) is 11.1 Å². The lowest BCUT2D eigenvalue weighted by molar-refractivity contribution is 0.0504. The minimum Gasteiger partial charge on any atom is -0.478 e. The fourth-order valence-electron chi connectivity index (χ4n) is 8.64. The van der Waals surface area contributed by atoms with Crippen molar-refractivity contribution >= 4 is 11.7 Å². The predicted molar refractivity (Wildman–Crippen MR) is 122 cm³/mol. The number of fused-ring (bicyclic) bond motifs is 4. The summed E-state index contributed by atoms with van der Waals surface area (Å²) >= 11 is 0. The highest BCUT2D eigenvalue weighted by Crippen LogP contribution is 2.56. The second kappa shape index (κ2) is 7.57. The Morgan fingerprint density at radius 2 is 1.57 bits per heavy atom. The second-order valence-corrected chi connectivity index (χ2v) is 11.7. The summed E-state index contributed by atoms with van der Waals surface area (Å²) in [4.78, 5) is 14.4. The van der Waals surface area contributed by atoms with Crippen molar-refractivity contribution in [1.29, 1.82) is 0 Å². The van der Waals surface area contributed by atoms with Crippen LogP contribution in [-0.2, 0) is 0 Å². The number of hydrogen-bond acceptors (Lipinski definition) is 2. The lowest BCUT2D eigenvalue weighted by Crippen LogP contribution is -2.65. The summed E-state index contributed by atoms with van der Waals surface area (Å²) in [6.07, 6.45) is 16.4. The molecule has 4 fully saturated rings. The Hall–Kier alpha value is -1.51. The molecule has 4 aliphatic carbocycles. The molecular formula is C27H39NO2. The summed E-state index contributed by atoms with van der Waals surface area (Å²) < 4.78 is 0. The normalized spacial score (nSPS) is 40.6. The van der Waals surface area contributed by atoms with E-state index < -0.39 is 5.97 Å². The number of nitrogens with zero attached hydrogens (tertiary/aromatic N) is 1. The van der Waals surface area contributed by atoms with Crippen LogP contribution in [0.5, 0.6) is 0 Å². The van der Waals surface area contributed by atoms with E-state index in [1.165, 1.54) is 82.7 Å². The molecule has 0 radical (unpaired) electrons. The van der Waals surface area contributed by atoms with Gasteiger partial charge in [-0.25, -0.2) is 4.79 Å². The molecule has 0 spiro atoms. The van der Waals surface area contributed by atoms with Gasteiger partial charge in [0.15, 0.2) is 0 Å². The van der Waals surface area contributed by atoms with Crippen LogP contribution >= 0.6 is 0 Å². The zero-order chi connectivity index (χ0) is 20.9. The van der Waals surface area contributed by atoms with Crippen molar-refractivity contribution in [3.8, 4) is 0 Å². The van der Waals surface area contributed by atoms with E-state index in [4.69, 9.17) is 0 Å². The van der Waals surface area contributed by atoms with Crippen LogP contribution in [0.15, 0.2) is 24.3 Å². The summed E-state index contributed by atoms with van der Waals surface area (Å²) in [5, 5.41) is 9.43. The Kier molecular flexibility index (Phi) is 5.14. The topological polar surface area (TPSA) is 40.5 Å². The lowest BCUT2D eigenvalue weighted by atomic mass is 9.59. The smallest absolute Gasteiger partial charge is 0.335 e. The van der Waals surface area contributed by atoms with E-state index in [0.717, 1.165) is 23.7 Å². The van der Waals surface area contributed by atoms with Gasteiger partial charge in [0.1, 0.15) is 0 Å². The first-order valence-corrected chi connectivity index (χ1v) is 12.5. The number of hydrogen-bond donors (Lipinski definition) is 1. The van der Waals surface area contributed by atoms with E-state index in [0.29, 0.717) is 5.56 Å². The summed E-state index contributed by atoms with van der Waals surface area (Å²) in [6.45, 7) is 5.02. The molecule has 1 N–H and O–H groups in total. The highest BCUT2D eigenvalue weighted by atomic mass is 16.4. The molecule has 3 heteroatoms. The van der Waals surface area contributed by atoms with Crippen molar-refractivity contribution in [3.63, 3.8) is 0 Å². The molecule has 0 aromatic heterocycles. The maximum atomic E-state index is 11.5. The maximum Gasteiger partial charge on any atom is 0.335 e. The summed E-state index contributed by atoms with van der Waals surface area (Å²) in [5.41, 5.74) is 2.13. The van der Waals surface area contributed by atoms with Crippen molar-refractivity contribution in [2.75, 3.05) is 4.90 Å². The van der Waals surface area contributed by atoms with Crippen LogP contribution in [0.4, 0.5) is 5.69 Å². The first-order chi connectivity index (χ1) is 14.4. The molecule has 164 valence electrons. The van der Waals surface area contributed by atoms with E-state index in [9.17, 15) is 9.90 Å². The minimum absolute atomic E-state index is 0.192. The van der Waals surface area contributed by atoms with Gasteiger partial charge in [-0.05, 0) is 99.8 Å². The van der Waals surface area contributed by atoms with E-state index in [2.05, 4.69) is 30.9 Å². The first kappa shape index (κ1) is 20.4. The van der Waals surface area contributed by atoms with Gasteiger partial charge in [-0.3, -0.25) is 0 Å². The summed E-state index contributed by atoms with van der Waals surface area (Å²) in [6, 6.07) is 7.91. The first-order valence-electron chi connectivity index (χ1n) is 12.5. The summed E-state index contributed by atoms with van der Waals surface area (Å²) in [7, 11) is 0. The Balaban J connectivity index is 1.58. The fraction of sp³-hybridized carbons (Fsp3) is 0.741. The number of anilines is 1. The van der Waals surface area contributed by atoms with Crippen LogP contribution in [0.1, 0.15) is 101 Å². The Bertz CT molecular complexity index is 771. The Labute approximate surface area is 182 Å². The van der Waals surface area contributed by atoms with Gasteiger partial charge in [0.05, 0.1) is 5.56 Å². The van der Waals surface area contributed by atoms with E-state index in [1.54, 1.807) is 0 Å². The number of carbonyl (C=O) groups is 1. The molecule has 0 aliphatic heterocycles. The standard InChI is InChI=1S/C27H39NO2/c1-19-13-20-7-4-12-27(15-19,18-20)28(24-10-8-23(9-11-24)25(29)30)26(2)16-21-5-3-6-22(14-21)17-26/h8-11,19-22H,3-7,12-18H2,1-2H3,(H,29,30). The van der Waals surface area contributed by atoms with Crippen molar-refractivity contribution in [1.82, 2.24) is 0 Å². The van der Waals surface area contributed by atoms with Crippen LogP contribution in [0, 0.1) is 23.7 Å². The zero-order valence-corrected chi connectivity index (χ0v) is 18.9. The third-order valence-electron chi connectivity index (χ3n) is 9.12. The van der Waals surface area contributed by atoms with Crippen molar-refractivity contribution in [2.24, 2.45) is 23.7 Å². The number of benzene rings is 1. The third-order valence-corrected chi connectivity index (χ3v) is 9.12. The molecule has 0 amide bonds. The summed E-state index contributed by atoms with van der Waals surface area (Å²) in [5.74, 6) is 2.58. The van der Waals surface area contributed by atoms with Crippen LogP contribution in [0.3, 0.4) is 0 Å². The molecule has 0 saturated heterocycles. The molecule has 5 atom stereocenters. The monoisotopic (exact) mass is 409 g/mol. The number of aromatic carboxylic acids is 1. The van der Waals surface area contributed by atoms with Crippen LogP contribution < -0.4 is 4.90 Å². The average Bonchev–Trinajstić information content (AvgIpc) is 2.67. The number of carboxylic acid groups (broad SMARTS) is 1. The van der Waals surface area contributed by atoms with Gasteiger partial charge in [-0.1, -0.05) is 39.0 Å². The predicted octanol–water partition coefficient (Wildman–Crippen LogP) is 6.91. The van der Waals surface area contributed by atoms with Crippen molar-refractivity contribution in [3.05, 3.63) is 29.8 Å². The Morgan fingerprint density at radius 1 is 0.933 bits per heavy atom. The van der Waals surface area contributed by atoms with Gasteiger partial charge in [0.25, 0.3) is 0 Å². The van der Waals surface area contributed by atoms with Crippen LogP contribution in [0.25, 0.3) is 0 Å². The van der Waals surface area contributed by atoms with Gasteiger partial charge in [-0.15, -0.1) is 0 Å². The second-order valence-electron chi connectivity index (χ2n) is 11.7. The molecule has 1 aromatic carbocycles. The van der Waals surface area contributed by atoms with Gasteiger partial charge < -0.3 is 10.0 Å². The molecule has 4 saturated carbocycles. The number of rotatable bonds is 4. The minimum atomic E-state index is -0.825. The van der Waals surface area contributed by atoms with Gasteiger partial charge in [-0.2, -0.15) is 0 Å². The lowest BCUT2D eigenvalue weighted by Gasteiger charge is -2.63. The van der Waals surface area contributed by atoms with Gasteiger partial charge in [0, 0.05) is 16.8 Å². The maximum absolute atomic E-state index is 11.5. The highest BCUT2D eigenvalue weighted by molar-refractivity contribution is 5.88. The average molecular weight is 410 g/mol. The van der Waals surface area contributed by atoms with Crippen molar-refractivity contribution < 1.29 is 9.90 Å². The highest BCUT2D eigenvalue weighted by Gasteiger charge is 2.53. The molecule has 30 heavy (non-hydrogen) atoms. The van der Waals surface area contributed by atoms with E-state index in [1.807, 2.05) is 12.1 Å². The van der Waals surface area contributed by atoms with Gasteiger partial charge in [0.2, 0.25) is 0 Å².